The van der Waals surface area contributed by atoms with Gasteiger partial charge in [-0.1, -0.05) is 24.1 Å². The third-order valence-electron chi connectivity index (χ3n) is 7.99. The topological polar surface area (TPSA) is 154 Å². The number of aliphatic hydroxyl groups is 3. The minimum absolute atomic E-state index is 0.0601. The van der Waals surface area contributed by atoms with E-state index in [0.717, 1.165) is 29.7 Å². The summed E-state index contributed by atoms with van der Waals surface area (Å²) in [7, 11) is 1.28. The van der Waals surface area contributed by atoms with Crippen LogP contribution >= 0.6 is 0 Å². The molecule has 3 aromatic rings. The molecule has 228 valence electrons. The van der Waals surface area contributed by atoms with Gasteiger partial charge in [0, 0.05) is 18.4 Å². The van der Waals surface area contributed by atoms with Crippen LogP contribution in [0.15, 0.2) is 42.6 Å². The number of aromatic nitrogens is 3. The second kappa shape index (κ2) is 12.8. The molecule has 2 heterocycles. The molecule has 1 aromatic heterocycles. The van der Waals surface area contributed by atoms with Gasteiger partial charge in [-0.2, -0.15) is 5.26 Å². The second-order valence-electron chi connectivity index (χ2n) is 10.6. The number of carbonyl (C=O) groups excluding carboxylic acids is 1. The van der Waals surface area contributed by atoms with Gasteiger partial charge in [-0.3, -0.25) is 4.79 Å². The zero-order valence-electron chi connectivity index (χ0n) is 23.1. The molecular formula is C29H30F3N5O6. The van der Waals surface area contributed by atoms with E-state index in [9.17, 15) is 38.5 Å². The van der Waals surface area contributed by atoms with E-state index in [1.807, 2.05) is 6.07 Å². The standard InChI is InChI=1S/C29H30F3N5O6/c1-42-27-25(36-13-20(34-35-36)16-10-18(30)24(32)19(31)11-16)26(40)23(14-38)43-28(27)29(41)37(21-7-2-3-8-22(21)39)17-6-4-5-15(9-17)12-33/h4-6,9-11,13,21-23,25-28,38-40H,2-3,7-8,14H2,1H3/t21-,22-,23?,25?,26?,27?,28?/m0/s1. The molecule has 2 aromatic carbocycles. The van der Waals surface area contributed by atoms with Crippen molar-refractivity contribution in [2.75, 3.05) is 18.6 Å². The van der Waals surface area contributed by atoms with Crippen LogP contribution in [0.4, 0.5) is 18.9 Å². The molecule has 1 saturated heterocycles. The van der Waals surface area contributed by atoms with Gasteiger partial charge in [0.2, 0.25) is 0 Å². The molecule has 7 atom stereocenters. The SMILES string of the molecule is COC1C(C(=O)N(c2cccc(C#N)c2)[C@H]2CCCC[C@@H]2O)OC(CO)C(O)C1n1cc(-c2cc(F)c(F)c(F)c2)nn1. The molecule has 0 bridgehead atoms. The Balaban J connectivity index is 1.54. The summed E-state index contributed by atoms with van der Waals surface area (Å²) in [6, 6.07) is 8.02. The van der Waals surface area contributed by atoms with E-state index < -0.39 is 72.6 Å². The minimum Gasteiger partial charge on any atom is -0.394 e. The summed E-state index contributed by atoms with van der Waals surface area (Å²) < 4.78 is 54.0. The highest BCUT2D eigenvalue weighted by Gasteiger charge is 2.52. The van der Waals surface area contributed by atoms with E-state index in [-0.39, 0.29) is 11.3 Å². The number of benzene rings is 2. The van der Waals surface area contributed by atoms with Crippen molar-refractivity contribution in [3.63, 3.8) is 0 Å². The van der Waals surface area contributed by atoms with Crippen LogP contribution < -0.4 is 4.90 Å². The van der Waals surface area contributed by atoms with Gasteiger partial charge in [0.15, 0.2) is 23.6 Å². The first-order valence-corrected chi connectivity index (χ1v) is 13.7. The van der Waals surface area contributed by atoms with Crippen LogP contribution in [-0.4, -0.2) is 86.5 Å². The van der Waals surface area contributed by atoms with Crippen molar-refractivity contribution in [2.45, 2.75) is 68.3 Å². The lowest BCUT2D eigenvalue weighted by Gasteiger charge is -2.46. The average molecular weight is 602 g/mol. The van der Waals surface area contributed by atoms with Gasteiger partial charge < -0.3 is 29.7 Å². The summed E-state index contributed by atoms with van der Waals surface area (Å²) in [6.07, 6.45) is -2.62. The normalized spacial score (nSPS) is 27.4. The van der Waals surface area contributed by atoms with Crippen molar-refractivity contribution in [3.8, 4) is 17.3 Å². The van der Waals surface area contributed by atoms with E-state index >= 15 is 0 Å². The fourth-order valence-corrected chi connectivity index (χ4v) is 5.85. The Bertz CT molecular complexity index is 1490. The number of hydrogen-bond acceptors (Lipinski definition) is 9. The number of carbonyl (C=O) groups is 1. The number of ether oxygens (including phenoxy) is 2. The van der Waals surface area contributed by atoms with Gasteiger partial charge in [0.05, 0.1) is 36.6 Å². The second-order valence-corrected chi connectivity index (χ2v) is 10.6. The first kappa shape index (κ1) is 30.6. The van der Waals surface area contributed by atoms with Crippen molar-refractivity contribution in [1.82, 2.24) is 15.0 Å². The number of nitriles is 1. The zero-order chi connectivity index (χ0) is 30.8. The molecule has 2 fully saturated rings. The van der Waals surface area contributed by atoms with Crippen molar-refractivity contribution >= 4 is 11.6 Å². The van der Waals surface area contributed by atoms with Crippen molar-refractivity contribution in [3.05, 3.63) is 65.6 Å². The Hall–Kier alpha value is -3.87. The number of halogens is 3. The third-order valence-corrected chi connectivity index (χ3v) is 7.99. The van der Waals surface area contributed by atoms with Gasteiger partial charge in [-0.05, 0) is 43.2 Å². The molecule has 3 N–H and O–H groups in total. The molecule has 0 radical (unpaired) electrons. The van der Waals surface area contributed by atoms with Gasteiger partial charge in [-0.15, -0.1) is 5.10 Å². The monoisotopic (exact) mass is 601 g/mol. The zero-order valence-corrected chi connectivity index (χ0v) is 23.1. The highest BCUT2D eigenvalue weighted by molar-refractivity contribution is 5.98. The third kappa shape index (κ3) is 5.86. The molecule has 1 aliphatic carbocycles. The number of rotatable bonds is 7. The first-order chi connectivity index (χ1) is 20.7. The lowest BCUT2D eigenvalue weighted by Crippen LogP contribution is -2.63. The minimum atomic E-state index is -1.64. The van der Waals surface area contributed by atoms with E-state index in [1.54, 1.807) is 18.2 Å². The molecule has 43 heavy (non-hydrogen) atoms. The summed E-state index contributed by atoms with van der Waals surface area (Å²) in [6.45, 7) is -0.691. The fourth-order valence-electron chi connectivity index (χ4n) is 5.85. The predicted molar refractivity (Wildman–Crippen MR) is 144 cm³/mol. The molecule has 5 rings (SSSR count). The van der Waals surface area contributed by atoms with Crippen LogP contribution in [0.2, 0.25) is 0 Å². The summed E-state index contributed by atoms with van der Waals surface area (Å²) in [5.74, 6) is -5.15. The fraction of sp³-hybridized carbons (Fsp3) is 0.448. The van der Waals surface area contributed by atoms with Crippen LogP contribution in [0.25, 0.3) is 11.3 Å². The Morgan fingerprint density at radius 2 is 1.91 bits per heavy atom. The number of hydrogen-bond donors (Lipinski definition) is 3. The molecule has 1 aliphatic heterocycles. The molecule has 1 amide bonds. The summed E-state index contributed by atoms with van der Waals surface area (Å²) >= 11 is 0. The molecular weight excluding hydrogens is 571 g/mol. The molecule has 0 spiro atoms. The number of methoxy groups -OCH3 is 1. The van der Waals surface area contributed by atoms with Gasteiger partial charge in [-0.25, -0.2) is 17.9 Å². The summed E-state index contributed by atoms with van der Waals surface area (Å²) in [5, 5.41) is 49.6. The maximum atomic E-state index is 14.4. The Kier molecular flexibility index (Phi) is 9.09. The maximum absolute atomic E-state index is 14.4. The van der Waals surface area contributed by atoms with Crippen LogP contribution in [0.1, 0.15) is 37.3 Å². The van der Waals surface area contributed by atoms with Gasteiger partial charge >= 0.3 is 0 Å². The van der Waals surface area contributed by atoms with Gasteiger partial charge in [0.25, 0.3) is 5.91 Å². The van der Waals surface area contributed by atoms with E-state index in [2.05, 4.69) is 10.3 Å². The van der Waals surface area contributed by atoms with Crippen LogP contribution in [0.3, 0.4) is 0 Å². The Morgan fingerprint density at radius 1 is 1.19 bits per heavy atom. The molecule has 2 aliphatic rings. The highest BCUT2D eigenvalue weighted by atomic mass is 19.2. The van der Waals surface area contributed by atoms with Crippen LogP contribution in [0, 0.1) is 28.8 Å². The predicted octanol–water partition coefficient (Wildman–Crippen LogP) is 2.25. The Morgan fingerprint density at radius 3 is 2.56 bits per heavy atom. The van der Waals surface area contributed by atoms with E-state index in [0.29, 0.717) is 24.1 Å². The summed E-state index contributed by atoms with van der Waals surface area (Å²) in [4.78, 5) is 15.8. The van der Waals surface area contributed by atoms with Crippen LogP contribution in [0.5, 0.6) is 0 Å². The summed E-state index contributed by atoms with van der Waals surface area (Å²) in [5.41, 5.74) is 0.452. The van der Waals surface area contributed by atoms with Crippen molar-refractivity contribution < 1.29 is 42.8 Å². The quantitative estimate of drug-likeness (QED) is 0.346. The lowest BCUT2D eigenvalue weighted by molar-refractivity contribution is -0.211. The Labute approximate surface area is 244 Å². The molecule has 14 heteroatoms. The van der Waals surface area contributed by atoms with E-state index in [1.165, 1.54) is 24.3 Å². The van der Waals surface area contributed by atoms with E-state index in [4.69, 9.17) is 9.47 Å². The van der Waals surface area contributed by atoms with Crippen LogP contribution in [-0.2, 0) is 14.3 Å². The molecule has 5 unspecified atom stereocenters. The van der Waals surface area contributed by atoms with Gasteiger partial charge in [0.1, 0.15) is 30.0 Å². The molecule has 1 saturated carbocycles. The number of aliphatic hydroxyl groups excluding tert-OH is 3. The van der Waals surface area contributed by atoms with Crippen molar-refractivity contribution in [2.24, 2.45) is 0 Å². The average Bonchev–Trinajstić information content (AvgIpc) is 3.50. The van der Waals surface area contributed by atoms with Crippen molar-refractivity contribution in [1.29, 1.82) is 5.26 Å². The maximum Gasteiger partial charge on any atom is 0.259 e. The number of nitrogens with zero attached hydrogens (tertiary/aromatic N) is 5. The molecule has 11 nitrogen and oxygen atoms in total. The lowest BCUT2D eigenvalue weighted by atomic mass is 9.88. The first-order valence-electron chi connectivity index (χ1n) is 13.7. The number of amides is 1. The number of anilines is 1. The smallest absolute Gasteiger partial charge is 0.259 e. The largest absolute Gasteiger partial charge is 0.394 e. The highest BCUT2D eigenvalue weighted by Crippen LogP contribution is 2.36.